The van der Waals surface area contributed by atoms with Gasteiger partial charge in [0.15, 0.2) is 0 Å². The molecule has 0 amide bonds. The summed E-state index contributed by atoms with van der Waals surface area (Å²) in [5.74, 6) is 0. The Kier molecular flexibility index (Phi) is 2.34. The summed E-state index contributed by atoms with van der Waals surface area (Å²) in [4.78, 5) is 0. The van der Waals surface area contributed by atoms with Crippen LogP contribution in [0.1, 0.15) is 11.3 Å². The average Bonchev–Trinajstić information content (AvgIpc) is 1.88. The molecule has 0 atom stereocenters. The Bertz CT molecular complexity index is 213. The normalized spacial score (nSPS) is 9.80. The van der Waals surface area contributed by atoms with Crippen molar-refractivity contribution in [2.45, 2.75) is 13.5 Å². The summed E-state index contributed by atoms with van der Waals surface area (Å²) in [6.45, 7) is 2.52. The Balaban J connectivity index is 2.75. The van der Waals surface area contributed by atoms with Gasteiger partial charge in [0.1, 0.15) is 0 Å². The molecule has 0 radical (unpaired) electrons. The van der Waals surface area contributed by atoms with Gasteiger partial charge in [-0.15, -0.1) is 0 Å². The Morgan fingerprint density at radius 1 is 1.60 bits per heavy atom. The van der Waals surface area contributed by atoms with Gasteiger partial charge in [0.2, 0.25) is 0 Å². The lowest BCUT2D eigenvalue weighted by Gasteiger charge is -1.96. The highest BCUT2D eigenvalue weighted by Gasteiger charge is 1.92. The van der Waals surface area contributed by atoms with E-state index in [9.17, 15) is 0 Å². The molecular weight excluding hydrogens is 128 g/mol. The highest BCUT2D eigenvalue weighted by molar-refractivity contribution is 5.09. The fourth-order valence-corrected chi connectivity index (χ4v) is 0.741. The van der Waals surface area contributed by atoms with Crippen LogP contribution >= 0.6 is 0 Å². The Morgan fingerprint density at radius 2 is 2.40 bits per heavy atom. The van der Waals surface area contributed by atoms with Gasteiger partial charge in [0, 0.05) is 7.11 Å². The molecule has 0 saturated heterocycles. The van der Waals surface area contributed by atoms with Crippen LogP contribution in [-0.4, -0.2) is 17.3 Å². The van der Waals surface area contributed by atoms with E-state index in [4.69, 9.17) is 4.74 Å². The predicted octanol–water partition coefficient (Wildman–Crippen LogP) is 0.931. The number of aryl methyl sites for hydroxylation is 1. The van der Waals surface area contributed by atoms with E-state index in [0.29, 0.717) is 6.61 Å². The van der Waals surface area contributed by atoms with Crippen molar-refractivity contribution in [1.82, 2.24) is 10.2 Å². The molecule has 1 heterocycles. The number of nitrogens with zero attached hydrogens (tertiary/aromatic N) is 2. The molecule has 0 aliphatic heterocycles. The molecule has 0 N–H and O–H groups in total. The molecular formula is C7H10N2O. The zero-order valence-electron chi connectivity index (χ0n) is 6.16. The molecule has 1 rings (SSSR count). The van der Waals surface area contributed by atoms with Gasteiger partial charge in [0.05, 0.1) is 18.5 Å². The Hall–Kier alpha value is -0.960. The third kappa shape index (κ3) is 1.77. The first-order valence-corrected chi connectivity index (χ1v) is 3.10. The molecule has 0 aromatic carbocycles. The number of hydrogen-bond donors (Lipinski definition) is 0. The summed E-state index contributed by atoms with van der Waals surface area (Å²) in [6.07, 6.45) is 1.72. The molecule has 0 aliphatic carbocycles. The summed E-state index contributed by atoms with van der Waals surface area (Å²) in [5.41, 5.74) is 1.99. The van der Waals surface area contributed by atoms with Crippen molar-refractivity contribution < 1.29 is 4.74 Å². The number of hydrogen-bond acceptors (Lipinski definition) is 3. The van der Waals surface area contributed by atoms with E-state index in [1.807, 2.05) is 13.0 Å². The molecule has 0 bridgehead atoms. The third-order valence-electron chi connectivity index (χ3n) is 1.13. The van der Waals surface area contributed by atoms with Gasteiger partial charge in [-0.1, -0.05) is 0 Å². The van der Waals surface area contributed by atoms with Crippen LogP contribution in [0.15, 0.2) is 12.3 Å². The number of ether oxygens (including phenoxy) is 1. The van der Waals surface area contributed by atoms with E-state index in [1.165, 1.54) is 0 Å². The maximum Gasteiger partial charge on any atom is 0.0902 e. The molecule has 1 aromatic rings. The van der Waals surface area contributed by atoms with Gasteiger partial charge in [0.25, 0.3) is 0 Å². The predicted molar refractivity (Wildman–Crippen MR) is 37.5 cm³/mol. The van der Waals surface area contributed by atoms with Crippen LogP contribution in [0.2, 0.25) is 0 Å². The van der Waals surface area contributed by atoms with Crippen LogP contribution in [0.4, 0.5) is 0 Å². The van der Waals surface area contributed by atoms with Crippen molar-refractivity contribution in [3.63, 3.8) is 0 Å². The summed E-state index contributed by atoms with van der Waals surface area (Å²) < 4.78 is 4.88. The molecule has 0 aliphatic rings. The van der Waals surface area contributed by atoms with Crippen LogP contribution in [0.3, 0.4) is 0 Å². The lowest BCUT2D eigenvalue weighted by molar-refractivity contribution is 0.180. The Morgan fingerprint density at radius 3 is 3.00 bits per heavy atom. The molecule has 10 heavy (non-hydrogen) atoms. The van der Waals surface area contributed by atoms with E-state index in [0.717, 1.165) is 11.3 Å². The number of rotatable bonds is 2. The van der Waals surface area contributed by atoms with Crippen molar-refractivity contribution in [2.24, 2.45) is 0 Å². The lowest BCUT2D eigenvalue weighted by atomic mass is 10.3. The number of aromatic nitrogens is 2. The molecule has 0 fully saturated rings. The van der Waals surface area contributed by atoms with E-state index < -0.39 is 0 Å². The highest BCUT2D eigenvalue weighted by Crippen LogP contribution is 1.97. The van der Waals surface area contributed by atoms with Crippen LogP contribution in [-0.2, 0) is 11.3 Å². The smallest absolute Gasteiger partial charge is 0.0902 e. The lowest BCUT2D eigenvalue weighted by Crippen LogP contribution is -1.94. The summed E-state index contributed by atoms with van der Waals surface area (Å²) in [6, 6.07) is 1.95. The van der Waals surface area contributed by atoms with Gasteiger partial charge < -0.3 is 4.74 Å². The summed E-state index contributed by atoms with van der Waals surface area (Å²) >= 11 is 0. The fraction of sp³-hybridized carbons (Fsp3) is 0.429. The molecule has 1 aromatic heterocycles. The standard InChI is InChI=1S/C7H10N2O/c1-6-3-7(5-10-2)9-8-4-6/h3-4H,5H2,1-2H3. The largest absolute Gasteiger partial charge is 0.378 e. The molecule has 0 spiro atoms. The minimum Gasteiger partial charge on any atom is -0.378 e. The van der Waals surface area contributed by atoms with Gasteiger partial charge in [-0.05, 0) is 18.6 Å². The minimum atomic E-state index is 0.536. The van der Waals surface area contributed by atoms with Crippen molar-refractivity contribution in [3.05, 3.63) is 23.5 Å². The van der Waals surface area contributed by atoms with E-state index in [2.05, 4.69) is 10.2 Å². The van der Waals surface area contributed by atoms with Crippen molar-refractivity contribution in [1.29, 1.82) is 0 Å². The summed E-state index contributed by atoms with van der Waals surface area (Å²) in [7, 11) is 1.64. The maximum absolute atomic E-state index is 4.88. The van der Waals surface area contributed by atoms with E-state index in [-0.39, 0.29) is 0 Å². The van der Waals surface area contributed by atoms with Gasteiger partial charge in [-0.3, -0.25) is 0 Å². The SMILES string of the molecule is COCc1cc(C)cnn1. The summed E-state index contributed by atoms with van der Waals surface area (Å²) in [5, 5.41) is 7.63. The monoisotopic (exact) mass is 138 g/mol. The van der Waals surface area contributed by atoms with Crippen LogP contribution in [0.25, 0.3) is 0 Å². The van der Waals surface area contributed by atoms with Crippen molar-refractivity contribution >= 4 is 0 Å². The Labute approximate surface area is 60.0 Å². The topological polar surface area (TPSA) is 35.0 Å². The second kappa shape index (κ2) is 3.27. The molecule has 3 heteroatoms. The van der Waals surface area contributed by atoms with Crippen molar-refractivity contribution in [3.8, 4) is 0 Å². The van der Waals surface area contributed by atoms with Crippen LogP contribution in [0, 0.1) is 6.92 Å². The third-order valence-corrected chi connectivity index (χ3v) is 1.13. The molecule has 0 saturated carbocycles. The quantitative estimate of drug-likeness (QED) is 0.609. The first-order valence-electron chi connectivity index (χ1n) is 3.10. The van der Waals surface area contributed by atoms with Crippen LogP contribution < -0.4 is 0 Å². The molecule has 54 valence electrons. The maximum atomic E-state index is 4.88. The second-order valence-electron chi connectivity index (χ2n) is 2.16. The van der Waals surface area contributed by atoms with E-state index >= 15 is 0 Å². The van der Waals surface area contributed by atoms with Gasteiger partial charge >= 0.3 is 0 Å². The first kappa shape index (κ1) is 7.15. The first-order chi connectivity index (χ1) is 4.83. The zero-order valence-corrected chi connectivity index (χ0v) is 6.16. The second-order valence-corrected chi connectivity index (χ2v) is 2.16. The zero-order chi connectivity index (χ0) is 7.40. The average molecular weight is 138 g/mol. The highest BCUT2D eigenvalue weighted by atomic mass is 16.5. The minimum absolute atomic E-state index is 0.536. The van der Waals surface area contributed by atoms with Crippen molar-refractivity contribution in [2.75, 3.05) is 7.11 Å². The molecule has 0 unspecified atom stereocenters. The fourth-order valence-electron chi connectivity index (χ4n) is 0.741. The number of methoxy groups -OCH3 is 1. The van der Waals surface area contributed by atoms with Gasteiger partial charge in [-0.25, -0.2) is 0 Å². The molecule has 3 nitrogen and oxygen atoms in total. The van der Waals surface area contributed by atoms with Crippen LogP contribution in [0.5, 0.6) is 0 Å². The van der Waals surface area contributed by atoms with E-state index in [1.54, 1.807) is 13.3 Å². The van der Waals surface area contributed by atoms with Gasteiger partial charge in [-0.2, -0.15) is 10.2 Å².